The smallest absolute Gasteiger partial charge is 0.322 e. The predicted molar refractivity (Wildman–Crippen MR) is 139 cm³/mol. The Morgan fingerprint density at radius 3 is 2.55 bits per heavy atom. The molecule has 198 valence electrons. The molecule has 3 heterocycles. The van der Waals surface area contributed by atoms with Crippen molar-refractivity contribution in [1.29, 1.82) is 0 Å². The average Bonchev–Trinajstić information content (AvgIpc) is 3.33. The summed E-state index contributed by atoms with van der Waals surface area (Å²) in [6.07, 6.45) is 2.56. The van der Waals surface area contributed by atoms with E-state index in [4.69, 9.17) is 9.47 Å². The van der Waals surface area contributed by atoms with Crippen LogP contribution in [-0.4, -0.2) is 53.9 Å². The Hall–Kier alpha value is -3.76. The maximum absolute atomic E-state index is 13.4. The first-order valence-electron chi connectivity index (χ1n) is 12.5. The molecule has 1 atom stereocenters. The molecule has 3 aliphatic rings. The number of hydrogen-bond donors (Lipinski definition) is 1. The number of carbonyl (C=O) groups is 2. The molecule has 1 aliphatic carbocycles. The molecule has 0 bridgehead atoms. The summed E-state index contributed by atoms with van der Waals surface area (Å²) in [6.45, 7) is 0.372. The Morgan fingerprint density at radius 1 is 1.05 bits per heavy atom. The van der Waals surface area contributed by atoms with Gasteiger partial charge in [0.15, 0.2) is 11.5 Å². The number of aliphatic carboxylic acids is 1. The number of Topliss-reactive ketones (excluding diaryl/α,β-unsaturated/α-hetero) is 1. The molecule has 3 aromatic rings. The Bertz CT molecular complexity index is 1540. The third-order valence-electron chi connectivity index (χ3n) is 7.60. The topological polar surface area (TPSA) is 123 Å². The molecule has 1 saturated heterocycles. The molecule has 2 fully saturated rings. The second-order valence-electron chi connectivity index (χ2n) is 9.90. The molecule has 6 rings (SSSR count). The molecule has 1 saturated carbocycles. The fraction of sp³-hybridized carbons (Fsp3) is 0.321. The largest absolute Gasteiger partial charge is 0.480 e. The van der Waals surface area contributed by atoms with Crippen molar-refractivity contribution in [1.82, 2.24) is 9.29 Å². The zero-order chi connectivity index (χ0) is 26.5. The number of ether oxygens (including phenoxy) is 2. The number of carbonyl (C=O) groups excluding carboxylic acids is 1. The van der Waals surface area contributed by atoms with E-state index in [0.717, 1.165) is 22.7 Å². The molecule has 0 amide bonds. The lowest BCUT2D eigenvalue weighted by atomic mass is 9.88. The first kappa shape index (κ1) is 24.6. The van der Waals surface area contributed by atoms with Crippen LogP contribution in [0.25, 0.3) is 11.3 Å². The number of sulfonamides is 1. The summed E-state index contributed by atoms with van der Waals surface area (Å²) in [5, 5.41) is 9.38. The lowest BCUT2D eigenvalue weighted by Gasteiger charge is -2.21. The van der Waals surface area contributed by atoms with Crippen LogP contribution in [0.5, 0.6) is 11.5 Å². The zero-order valence-corrected chi connectivity index (χ0v) is 21.3. The molecule has 1 aromatic heterocycles. The van der Waals surface area contributed by atoms with E-state index < -0.39 is 27.4 Å². The normalized spacial score (nSPS) is 19.8. The summed E-state index contributed by atoms with van der Waals surface area (Å²) in [6, 6.07) is 16.3. The van der Waals surface area contributed by atoms with Gasteiger partial charge in [0.25, 0.3) is 0 Å². The maximum Gasteiger partial charge on any atom is 0.322 e. The summed E-state index contributed by atoms with van der Waals surface area (Å²) >= 11 is 0. The second-order valence-corrected chi connectivity index (χ2v) is 11.8. The van der Waals surface area contributed by atoms with Crippen molar-refractivity contribution in [3.05, 3.63) is 71.9 Å². The second kappa shape index (κ2) is 9.21. The molecule has 0 unspecified atom stereocenters. The molecule has 2 aliphatic heterocycles. The third-order valence-corrected chi connectivity index (χ3v) is 9.53. The van der Waals surface area contributed by atoms with Gasteiger partial charge in [0.1, 0.15) is 11.8 Å². The highest BCUT2D eigenvalue weighted by molar-refractivity contribution is 7.89. The van der Waals surface area contributed by atoms with Gasteiger partial charge in [-0.05, 0) is 67.6 Å². The molecule has 0 spiro atoms. The van der Waals surface area contributed by atoms with Crippen molar-refractivity contribution in [2.75, 3.05) is 13.3 Å². The van der Waals surface area contributed by atoms with Crippen LogP contribution in [0.2, 0.25) is 0 Å². The highest BCUT2D eigenvalue weighted by atomic mass is 32.2. The zero-order valence-electron chi connectivity index (χ0n) is 20.5. The van der Waals surface area contributed by atoms with E-state index in [1.165, 1.54) is 12.1 Å². The Labute approximate surface area is 221 Å². The minimum atomic E-state index is -3.92. The lowest BCUT2D eigenvalue weighted by molar-refractivity contribution is -0.140. The molecule has 0 radical (unpaired) electrons. The van der Waals surface area contributed by atoms with Crippen LogP contribution in [-0.2, 0) is 31.4 Å². The highest BCUT2D eigenvalue weighted by Crippen LogP contribution is 2.51. The number of pyridine rings is 1. The molecule has 2 aromatic carbocycles. The van der Waals surface area contributed by atoms with Crippen molar-refractivity contribution < 1.29 is 34.0 Å². The minimum Gasteiger partial charge on any atom is -0.480 e. The van der Waals surface area contributed by atoms with Gasteiger partial charge in [0, 0.05) is 25.6 Å². The summed E-state index contributed by atoms with van der Waals surface area (Å²) < 4.78 is 38.0. The number of nitrogens with zero attached hydrogens (tertiary/aromatic N) is 2. The number of carboxylic acid groups (broad SMARTS) is 1. The van der Waals surface area contributed by atoms with Gasteiger partial charge in [-0.3, -0.25) is 14.6 Å². The number of aromatic nitrogens is 1. The number of carboxylic acids is 1. The molecule has 1 N–H and O–H groups in total. The predicted octanol–water partition coefficient (Wildman–Crippen LogP) is 3.80. The maximum atomic E-state index is 13.4. The standard InChI is InChI=1S/C28H26N2O7S.H2/c31-26(28(12-13-28)19-8-11-24-25(15-19)37-17-36-24)16-20-3-1-4-22(29-20)18-6-9-21(10-7-18)38(34,35)30-14-2-5-23(30)27(32)33;/h1,3-4,6-11,15,23H,2,5,12-14,16-17H2,(H,32,33);1H/t23-;/m0./s1. The van der Waals surface area contributed by atoms with Crippen molar-refractivity contribution in [2.24, 2.45) is 0 Å². The van der Waals surface area contributed by atoms with Gasteiger partial charge in [-0.25, -0.2) is 8.42 Å². The lowest BCUT2D eigenvalue weighted by Crippen LogP contribution is -2.40. The van der Waals surface area contributed by atoms with Crippen LogP contribution in [0, 0.1) is 0 Å². The number of rotatable bonds is 8. The van der Waals surface area contributed by atoms with Gasteiger partial charge in [-0.2, -0.15) is 4.31 Å². The molecule has 9 nitrogen and oxygen atoms in total. The SMILES string of the molecule is O=C(O)[C@@H]1CCCN1S(=O)(=O)c1ccc(-c2cccc(CC(=O)C3(c4ccc5c(c4)OCO5)CC3)n2)cc1.[HH]. The van der Waals surface area contributed by atoms with E-state index in [2.05, 4.69) is 4.98 Å². The van der Waals surface area contributed by atoms with Crippen LogP contribution >= 0.6 is 0 Å². The first-order chi connectivity index (χ1) is 18.3. The fourth-order valence-corrected chi connectivity index (χ4v) is 6.98. The monoisotopic (exact) mass is 536 g/mol. The quantitative estimate of drug-likeness (QED) is 0.461. The van der Waals surface area contributed by atoms with Gasteiger partial charge < -0.3 is 14.6 Å². The Balaban J connectivity index is 0.00000308. The number of ketones is 1. The molecular formula is C28H28N2O7S. The van der Waals surface area contributed by atoms with E-state index in [9.17, 15) is 23.1 Å². The first-order valence-corrected chi connectivity index (χ1v) is 14.0. The Morgan fingerprint density at radius 2 is 1.82 bits per heavy atom. The van der Waals surface area contributed by atoms with Crippen molar-refractivity contribution in [3.63, 3.8) is 0 Å². The van der Waals surface area contributed by atoms with Gasteiger partial charge in [0.2, 0.25) is 16.8 Å². The average molecular weight is 537 g/mol. The van der Waals surface area contributed by atoms with E-state index in [-0.39, 0.29) is 31.9 Å². The van der Waals surface area contributed by atoms with E-state index >= 15 is 0 Å². The fourth-order valence-electron chi connectivity index (χ4n) is 5.33. The number of benzene rings is 2. The van der Waals surface area contributed by atoms with Gasteiger partial charge >= 0.3 is 5.97 Å². The van der Waals surface area contributed by atoms with Crippen LogP contribution in [0.1, 0.15) is 38.4 Å². The molecule has 38 heavy (non-hydrogen) atoms. The third kappa shape index (κ3) is 4.23. The van der Waals surface area contributed by atoms with Crippen molar-refractivity contribution in [2.45, 2.75) is 48.5 Å². The summed E-state index contributed by atoms with van der Waals surface area (Å²) in [5.74, 6) is 0.313. The van der Waals surface area contributed by atoms with Gasteiger partial charge in [0.05, 0.1) is 16.0 Å². The Kier molecular flexibility index (Phi) is 5.96. The number of fused-ring (bicyclic) bond motifs is 1. The summed E-state index contributed by atoms with van der Waals surface area (Å²) in [5.41, 5.74) is 2.36. The minimum absolute atomic E-state index is 0. The van der Waals surface area contributed by atoms with Crippen molar-refractivity contribution >= 4 is 21.8 Å². The van der Waals surface area contributed by atoms with E-state index in [1.807, 2.05) is 36.4 Å². The number of hydrogen-bond acceptors (Lipinski definition) is 7. The van der Waals surface area contributed by atoms with Crippen LogP contribution in [0.4, 0.5) is 0 Å². The summed E-state index contributed by atoms with van der Waals surface area (Å²) in [4.78, 5) is 29.6. The van der Waals surface area contributed by atoms with Crippen LogP contribution < -0.4 is 9.47 Å². The van der Waals surface area contributed by atoms with Crippen LogP contribution in [0.3, 0.4) is 0 Å². The van der Waals surface area contributed by atoms with E-state index in [0.29, 0.717) is 41.3 Å². The molecular weight excluding hydrogens is 508 g/mol. The van der Waals surface area contributed by atoms with Gasteiger partial charge in [-0.1, -0.05) is 24.3 Å². The van der Waals surface area contributed by atoms with Gasteiger partial charge in [-0.15, -0.1) is 0 Å². The highest BCUT2D eigenvalue weighted by Gasteiger charge is 2.51. The van der Waals surface area contributed by atoms with Crippen LogP contribution in [0.15, 0.2) is 65.6 Å². The van der Waals surface area contributed by atoms with Crippen molar-refractivity contribution in [3.8, 4) is 22.8 Å². The molecule has 10 heteroatoms. The summed E-state index contributed by atoms with van der Waals surface area (Å²) in [7, 11) is -3.92. The van der Waals surface area contributed by atoms with E-state index in [1.54, 1.807) is 12.1 Å².